The van der Waals surface area contributed by atoms with Crippen molar-refractivity contribution in [3.63, 3.8) is 0 Å². The Bertz CT molecular complexity index is 980. The second kappa shape index (κ2) is 13.5. The topological polar surface area (TPSA) is 176 Å². The highest BCUT2D eigenvalue weighted by Crippen LogP contribution is 2.12. The zero-order valence-corrected chi connectivity index (χ0v) is 18.4. The van der Waals surface area contributed by atoms with Gasteiger partial charge in [-0.05, 0) is 49.8 Å². The summed E-state index contributed by atoms with van der Waals surface area (Å²) >= 11 is 0. The predicted octanol–water partition coefficient (Wildman–Crippen LogP) is 1.14. The monoisotopic (exact) mass is 478 g/mol. The van der Waals surface area contributed by atoms with Gasteiger partial charge in [-0.3, -0.25) is 19.4 Å². The van der Waals surface area contributed by atoms with Gasteiger partial charge in [-0.2, -0.15) is 0 Å². The number of hydrogen-bond acceptors (Lipinski definition) is 6. The number of aliphatic carboxylic acids is 2. The molecule has 12 nitrogen and oxygen atoms in total. The smallest absolute Gasteiger partial charge is 0.334 e. The van der Waals surface area contributed by atoms with E-state index in [0.29, 0.717) is 31.4 Å². The van der Waals surface area contributed by atoms with Gasteiger partial charge < -0.3 is 15.5 Å². The zero-order chi connectivity index (χ0) is 24.9. The molecule has 5 N–H and O–H groups in total. The first-order chi connectivity index (χ1) is 16.3. The molecular formula is C21H27FN6O6. The molecule has 1 unspecified atom stereocenters. The van der Waals surface area contributed by atoms with Crippen molar-refractivity contribution in [2.24, 2.45) is 0 Å². The van der Waals surface area contributed by atoms with Gasteiger partial charge in [0.1, 0.15) is 6.04 Å². The van der Waals surface area contributed by atoms with Crippen LogP contribution in [-0.4, -0.2) is 61.8 Å². The fourth-order valence-electron chi connectivity index (χ4n) is 2.96. The molecule has 0 spiro atoms. The van der Waals surface area contributed by atoms with Crippen LogP contribution in [0.1, 0.15) is 43.4 Å². The molecule has 0 saturated heterocycles. The van der Waals surface area contributed by atoms with Crippen LogP contribution in [0.5, 0.6) is 0 Å². The Kier molecular flexibility index (Phi) is 10.4. The molecule has 0 aliphatic carbocycles. The van der Waals surface area contributed by atoms with E-state index >= 15 is 0 Å². The number of aromatic nitrogens is 3. The summed E-state index contributed by atoms with van der Waals surface area (Å²) in [5, 5.41) is 27.7. The second-order valence-corrected chi connectivity index (χ2v) is 7.44. The number of hydrogen-bond donors (Lipinski definition) is 5. The van der Waals surface area contributed by atoms with E-state index in [9.17, 15) is 23.6 Å². The Balaban J connectivity index is 1.70. The van der Waals surface area contributed by atoms with Gasteiger partial charge in [0.2, 0.25) is 5.91 Å². The lowest BCUT2D eigenvalue weighted by Crippen LogP contribution is -2.51. The largest absolute Gasteiger partial charge is 0.481 e. The van der Waals surface area contributed by atoms with Gasteiger partial charge in [0, 0.05) is 12.8 Å². The van der Waals surface area contributed by atoms with Crippen molar-refractivity contribution in [1.82, 2.24) is 31.2 Å². The Morgan fingerprint density at radius 1 is 1.00 bits per heavy atom. The van der Waals surface area contributed by atoms with E-state index in [2.05, 4.69) is 21.1 Å². The fraction of sp³-hybridized carbons (Fsp3) is 0.429. The van der Waals surface area contributed by atoms with Crippen molar-refractivity contribution < 1.29 is 33.8 Å². The van der Waals surface area contributed by atoms with Crippen LogP contribution in [0.4, 0.5) is 9.18 Å². The summed E-state index contributed by atoms with van der Waals surface area (Å²) in [5.74, 6) is -3.03. The van der Waals surface area contributed by atoms with E-state index in [1.54, 1.807) is 10.9 Å². The van der Waals surface area contributed by atoms with Gasteiger partial charge in [0.05, 0.1) is 24.3 Å². The van der Waals surface area contributed by atoms with E-state index in [-0.39, 0.29) is 12.8 Å². The van der Waals surface area contributed by atoms with Crippen molar-refractivity contribution in [2.45, 2.75) is 51.0 Å². The molecule has 0 bridgehead atoms. The average molecular weight is 478 g/mol. The van der Waals surface area contributed by atoms with E-state index in [4.69, 9.17) is 10.2 Å². The summed E-state index contributed by atoms with van der Waals surface area (Å²) in [6, 6.07) is 5.16. The first kappa shape index (κ1) is 26.2. The lowest BCUT2D eigenvalue weighted by atomic mass is 10.1. The third-order valence-corrected chi connectivity index (χ3v) is 4.74. The number of carbonyl (C=O) groups excluding carboxylic acids is 2. The zero-order valence-electron chi connectivity index (χ0n) is 18.4. The third-order valence-electron chi connectivity index (χ3n) is 4.74. The van der Waals surface area contributed by atoms with Crippen molar-refractivity contribution in [3.05, 3.63) is 41.7 Å². The Hall–Kier alpha value is -4.03. The van der Waals surface area contributed by atoms with Gasteiger partial charge in [-0.1, -0.05) is 17.3 Å². The van der Waals surface area contributed by atoms with Crippen molar-refractivity contribution in [3.8, 4) is 5.69 Å². The normalized spacial score (nSPS) is 11.4. The highest BCUT2D eigenvalue weighted by Gasteiger charge is 2.21. The minimum atomic E-state index is -1.39. The van der Waals surface area contributed by atoms with Gasteiger partial charge in [0.15, 0.2) is 0 Å². The SMILES string of the molecule is O=C(O)CCC(NC(=O)NNC(=O)CCCc1ccc(-n2cc(CCCF)nn2)cc1)C(=O)O. The molecule has 0 saturated carbocycles. The number of benzene rings is 1. The van der Waals surface area contributed by atoms with Crippen LogP contribution in [0.15, 0.2) is 30.5 Å². The molecular weight excluding hydrogens is 451 g/mol. The van der Waals surface area contributed by atoms with Crippen molar-refractivity contribution >= 4 is 23.9 Å². The lowest BCUT2D eigenvalue weighted by molar-refractivity contribution is -0.140. The highest BCUT2D eigenvalue weighted by atomic mass is 19.1. The first-order valence-electron chi connectivity index (χ1n) is 10.6. The number of carboxylic acid groups (broad SMARTS) is 2. The number of aryl methyl sites for hydroxylation is 2. The van der Waals surface area contributed by atoms with Crippen LogP contribution < -0.4 is 16.2 Å². The molecule has 184 valence electrons. The van der Waals surface area contributed by atoms with Gasteiger partial charge in [-0.15, -0.1) is 5.10 Å². The first-order valence-corrected chi connectivity index (χ1v) is 10.6. The molecule has 0 aliphatic heterocycles. The van der Waals surface area contributed by atoms with Gasteiger partial charge >= 0.3 is 18.0 Å². The van der Waals surface area contributed by atoms with Crippen LogP contribution in [0.2, 0.25) is 0 Å². The summed E-state index contributed by atoms with van der Waals surface area (Å²) in [6.07, 6.45) is 3.19. The molecule has 1 aromatic heterocycles. The standard InChI is InChI=1S/C21H27FN6O6/c22-12-2-4-15-13-28(27-24-15)16-8-6-14(7-9-16)3-1-5-18(29)25-26-21(34)23-17(20(32)33)10-11-19(30)31/h6-9,13,17H,1-5,10-12H2,(H,25,29)(H,30,31)(H,32,33)(H2,23,26,34). The molecule has 13 heteroatoms. The molecule has 34 heavy (non-hydrogen) atoms. The van der Waals surface area contributed by atoms with Crippen molar-refractivity contribution in [2.75, 3.05) is 6.67 Å². The number of nitrogens with zero attached hydrogens (tertiary/aromatic N) is 3. The van der Waals surface area contributed by atoms with Crippen LogP contribution in [-0.2, 0) is 27.2 Å². The molecule has 1 atom stereocenters. The Morgan fingerprint density at radius 3 is 2.38 bits per heavy atom. The quantitative estimate of drug-likeness (QED) is 0.266. The maximum Gasteiger partial charge on any atom is 0.334 e. The van der Waals surface area contributed by atoms with Crippen LogP contribution in [0.25, 0.3) is 5.69 Å². The van der Waals surface area contributed by atoms with Gasteiger partial charge in [0.25, 0.3) is 0 Å². The average Bonchev–Trinajstić information content (AvgIpc) is 3.28. The Labute approximate surface area is 194 Å². The molecule has 0 fully saturated rings. The van der Waals surface area contributed by atoms with E-state index in [1.807, 2.05) is 29.7 Å². The van der Waals surface area contributed by atoms with Crippen LogP contribution in [0.3, 0.4) is 0 Å². The second-order valence-electron chi connectivity index (χ2n) is 7.44. The van der Waals surface area contributed by atoms with Gasteiger partial charge in [-0.25, -0.2) is 19.7 Å². The maximum atomic E-state index is 12.3. The van der Waals surface area contributed by atoms with Crippen LogP contribution >= 0.6 is 0 Å². The highest BCUT2D eigenvalue weighted by molar-refractivity contribution is 5.85. The molecule has 0 radical (unpaired) electrons. The number of carboxylic acids is 2. The lowest BCUT2D eigenvalue weighted by Gasteiger charge is -2.14. The molecule has 2 aromatic rings. The molecule has 0 aliphatic rings. The fourth-order valence-corrected chi connectivity index (χ4v) is 2.96. The number of nitrogens with one attached hydrogen (secondary N) is 3. The minimum absolute atomic E-state index is 0.115. The molecule has 3 amide bonds. The number of amides is 3. The summed E-state index contributed by atoms with van der Waals surface area (Å²) in [7, 11) is 0. The van der Waals surface area contributed by atoms with Crippen molar-refractivity contribution in [1.29, 1.82) is 0 Å². The Morgan fingerprint density at radius 2 is 1.74 bits per heavy atom. The summed E-state index contributed by atoms with van der Waals surface area (Å²) in [6.45, 7) is -0.400. The summed E-state index contributed by atoms with van der Waals surface area (Å²) in [5.41, 5.74) is 6.73. The number of rotatable bonds is 13. The van der Waals surface area contributed by atoms with E-state index in [0.717, 1.165) is 11.3 Å². The van der Waals surface area contributed by atoms with E-state index < -0.39 is 43.0 Å². The predicted molar refractivity (Wildman–Crippen MR) is 117 cm³/mol. The summed E-state index contributed by atoms with van der Waals surface area (Å²) in [4.78, 5) is 45.2. The minimum Gasteiger partial charge on any atom is -0.481 e. The molecule has 1 heterocycles. The molecule has 1 aromatic carbocycles. The van der Waals surface area contributed by atoms with E-state index in [1.165, 1.54) is 0 Å². The molecule has 2 rings (SSSR count). The number of hydrazine groups is 1. The number of carbonyl (C=O) groups is 4. The third kappa shape index (κ3) is 9.22. The maximum absolute atomic E-state index is 12.3. The number of halogens is 1. The summed E-state index contributed by atoms with van der Waals surface area (Å²) < 4.78 is 13.9. The number of urea groups is 1. The number of alkyl halides is 1. The van der Waals surface area contributed by atoms with Crippen LogP contribution in [0, 0.1) is 0 Å².